The van der Waals surface area contributed by atoms with E-state index >= 15 is 0 Å². The zero-order chi connectivity index (χ0) is 13.4. The highest BCUT2D eigenvalue weighted by molar-refractivity contribution is 9.10. The van der Waals surface area contributed by atoms with Crippen molar-refractivity contribution in [3.05, 3.63) is 27.7 Å². The molecule has 1 aromatic carbocycles. The second kappa shape index (κ2) is 4.72. The van der Waals surface area contributed by atoms with Crippen LogP contribution in [-0.2, 0) is 9.59 Å². The first kappa shape index (κ1) is 13.1. The summed E-state index contributed by atoms with van der Waals surface area (Å²) in [5, 5.41) is 11.6. The normalized spacial score (nSPS) is 21.5. The van der Waals surface area contributed by atoms with Gasteiger partial charge in [-0.3, -0.25) is 9.59 Å². The van der Waals surface area contributed by atoms with Crippen molar-refractivity contribution in [1.29, 1.82) is 0 Å². The third-order valence-corrected chi connectivity index (χ3v) is 3.65. The molecular weight excluding hydrogens is 298 g/mol. The molecule has 0 aliphatic heterocycles. The highest BCUT2D eigenvalue weighted by Gasteiger charge is 2.48. The Morgan fingerprint density at radius 1 is 1.28 bits per heavy atom. The Morgan fingerprint density at radius 2 is 1.83 bits per heavy atom. The van der Waals surface area contributed by atoms with Crippen molar-refractivity contribution in [2.75, 3.05) is 5.32 Å². The maximum atomic E-state index is 11.9. The largest absolute Gasteiger partial charge is 0.481 e. The van der Waals surface area contributed by atoms with Crippen LogP contribution in [-0.4, -0.2) is 17.0 Å². The number of benzene rings is 1. The summed E-state index contributed by atoms with van der Waals surface area (Å²) in [4.78, 5) is 22.6. The van der Waals surface area contributed by atoms with E-state index in [-0.39, 0.29) is 11.8 Å². The molecule has 1 aromatic rings. The maximum absolute atomic E-state index is 11.9. The van der Waals surface area contributed by atoms with E-state index in [2.05, 4.69) is 21.2 Å². The molecule has 0 aromatic heterocycles. The standard InChI is InChI=1S/C13H14BrNO3/c1-6-3-8(14)4-7(2)11(6)15-12(16)9-5-10(9)13(17)18/h3-4,9-10H,5H2,1-2H3,(H,15,16)(H,17,18). The van der Waals surface area contributed by atoms with Gasteiger partial charge in [0.25, 0.3) is 0 Å². The summed E-state index contributed by atoms with van der Waals surface area (Å²) < 4.78 is 0.963. The highest BCUT2D eigenvalue weighted by Crippen LogP contribution is 2.40. The van der Waals surface area contributed by atoms with Gasteiger partial charge in [-0.15, -0.1) is 0 Å². The molecule has 5 heteroatoms. The van der Waals surface area contributed by atoms with Gasteiger partial charge >= 0.3 is 5.97 Å². The van der Waals surface area contributed by atoms with E-state index in [1.807, 2.05) is 26.0 Å². The monoisotopic (exact) mass is 311 g/mol. The highest BCUT2D eigenvalue weighted by atomic mass is 79.9. The summed E-state index contributed by atoms with van der Waals surface area (Å²) in [6.45, 7) is 3.82. The molecule has 0 heterocycles. The van der Waals surface area contributed by atoms with E-state index in [0.29, 0.717) is 6.42 Å². The fraction of sp³-hybridized carbons (Fsp3) is 0.385. The van der Waals surface area contributed by atoms with Crippen LogP contribution < -0.4 is 5.32 Å². The number of halogens is 1. The first-order valence-electron chi connectivity index (χ1n) is 5.70. The summed E-state index contributed by atoms with van der Waals surface area (Å²) >= 11 is 3.39. The lowest BCUT2D eigenvalue weighted by atomic mass is 10.1. The lowest BCUT2D eigenvalue weighted by Gasteiger charge is -2.12. The van der Waals surface area contributed by atoms with Crippen molar-refractivity contribution in [3.63, 3.8) is 0 Å². The molecule has 2 unspecified atom stereocenters. The van der Waals surface area contributed by atoms with Crippen LogP contribution in [0.15, 0.2) is 16.6 Å². The Kier molecular flexibility index (Phi) is 3.43. The molecular formula is C13H14BrNO3. The molecule has 96 valence electrons. The third kappa shape index (κ3) is 2.56. The number of nitrogens with one attached hydrogen (secondary N) is 1. The topological polar surface area (TPSA) is 66.4 Å². The first-order chi connectivity index (χ1) is 8.40. The molecule has 1 amide bonds. The Hall–Kier alpha value is -1.36. The number of hydrogen-bond acceptors (Lipinski definition) is 2. The molecule has 0 bridgehead atoms. The summed E-state index contributed by atoms with van der Waals surface area (Å²) in [7, 11) is 0. The molecule has 4 nitrogen and oxygen atoms in total. The van der Waals surface area contributed by atoms with E-state index in [1.54, 1.807) is 0 Å². The number of carboxylic acids is 1. The van der Waals surface area contributed by atoms with Gasteiger partial charge in [-0.1, -0.05) is 15.9 Å². The van der Waals surface area contributed by atoms with Gasteiger partial charge in [-0.25, -0.2) is 0 Å². The molecule has 1 saturated carbocycles. The van der Waals surface area contributed by atoms with Crippen LogP contribution in [0.2, 0.25) is 0 Å². The number of rotatable bonds is 3. The summed E-state index contributed by atoms with van der Waals surface area (Å²) in [6, 6.07) is 3.84. The molecule has 2 N–H and O–H groups in total. The first-order valence-corrected chi connectivity index (χ1v) is 6.50. The minimum Gasteiger partial charge on any atom is -0.481 e. The number of carboxylic acid groups (broad SMARTS) is 1. The SMILES string of the molecule is Cc1cc(Br)cc(C)c1NC(=O)C1CC1C(=O)O. The van der Waals surface area contributed by atoms with Gasteiger partial charge < -0.3 is 10.4 Å². The zero-order valence-corrected chi connectivity index (χ0v) is 11.7. The van der Waals surface area contributed by atoms with Gasteiger partial charge in [0, 0.05) is 10.2 Å². The second-order valence-corrected chi connectivity index (χ2v) is 5.61. The zero-order valence-electron chi connectivity index (χ0n) is 10.2. The predicted octanol–water partition coefficient (Wildman–Crippen LogP) is 2.73. The Labute approximate surface area is 114 Å². The smallest absolute Gasteiger partial charge is 0.307 e. The fourth-order valence-electron chi connectivity index (χ4n) is 2.08. The molecule has 1 aliphatic carbocycles. The number of aliphatic carboxylic acids is 1. The van der Waals surface area contributed by atoms with Gasteiger partial charge in [-0.05, 0) is 43.5 Å². The lowest BCUT2D eigenvalue weighted by molar-refractivity contribution is -0.139. The Bertz CT molecular complexity index is 504. The molecule has 18 heavy (non-hydrogen) atoms. The van der Waals surface area contributed by atoms with E-state index in [0.717, 1.165) is 21.3 Å². The van der Waals surface area contributed by atoms with E-state index in [9.17, 15) is 9.59 Å². The molecule has 2 atom stereocenters. The average Bonchev–Trinajstić information content (AvgIpc) is 3.02. The van der Waals surface area contributed by atoms with Crippen LogP contribution in [0.5, 0.6) is 0 Å². The van der Waals surface area contributed by atoms with Crippen LogP contribution in [0.3, 0.4) is 0 Å². The van der Waals surface area contributed by atoms with Gasteiger partial charge in [0.15, 0.2) is 0 Å². The number of hydrogen-bond donors (Lipinski definition) is 2. The molecule has 1 fully saturated rings. The van der Waals surface area contributed by atoms with Crippen LogP contribution >= 0.6 is 15.9 Å². The summed E-state index contributed by atoms with van der Waals surface area (Å²) in [6.07, 6.45) is 0.440. The minimum atomic E-state index is -0.889. The number of aryl methyl sites for hydroxylation is 2. The fourth-order valence-corrected chi connectivity index (χ4v) is 2.77. The van der Waals surface area contributed by atoms with E-state index < -0.39 is 11.9 Å². The predicted molar refractivity (Wildman–Crippen MR) is 71.5 cm³/mol. The van der Waals surface area contributed by atoms with E-state index in [1.165, 1.54) is 0 Å². The molecule has 0 radical (unpaired) electrons. The quantitative estimate of drug-likeness (QED) is 0.902. The van der Waals surface area contributed by atoms with Gasteiger partial charge in [0.1, 0.15) is 0 Å². The van der Waals surface area contributed by atoms with Gasteiger partial charge in [0.2, 0.25) is 5.91 Å². The summed E-state index contributed by atoms with van der Waals surface area (Å²) in [5.41, 5.74) is 2.70. The van der Waals surface area contributed by atoms with Crippen LogP contribution in [0, 0.1) is 25.7 Å². The molecule has 0 saturated heterocycles. The molecule has 0 spiro atoms. The molecule has 1 aliphatic rings. The van der Waals surface area contributed by atoms with Crippen LogP contribution in [0.4, 0.5) is 5.69 Å². The van der Waals surface area contributed by atoms with Crippen molar-refractivity contribution in [2.45, 2.75) is 20.3 Å². The third-order valence-electron chi connectivity index (χ3n) is 3.19. The van der Waals surface area contributed by atoms with Crippen molar-refractivity contribution in [1.82, 2.24) is 0 Å². The van der Waals surface area contributed by atoms with Gasteiger partial charge in [0.05, 0.1) is 11.8 Å². The number of carbonyl (C=O) groups excluding carboxylic acids is 1. The van der Waals surface area contributed by atoms with Crippen LogP contribution in [0.25, 0.3) is 0 Å². The number of anilines is 1. The van der Waals surface area contributed by atoms with Crippen molar-refractivity contribution in [3.8, 4) is 0 Å². The van der Waals surface area contributed by atoms with E-state index in [4.69, 9.17) is 5.11 Å². The van der Waals surface area contributed by atoms with Crippen molar-refractivity contribution in [2.24, 2.45) is 11.8 Å². The number of amides is 1. The minimum absolute atomic E-state index is 0.198. The van der Waals surface area contributed by atoms with Crippen molar-refractivity contribution >= 4 is 33.5 Å². The van der Waals surface area contributed by atoms with Gasteiger partial charge in [-0.2, -0.15) is 0 Å². The van der Waals surface area contributed by atoms with Crippen molar-refractivity contribution < 1.29 is 14.7 Å². The average molecular weight is 312 g/mol. The van der Waals surface area contributed by atoms with Crippen LogP contribution in [0.1, 0.15) is 17.5 Å². The summed E-state index contributed by atoms with van der Waals surface area (Å²) in [5.74, 6) is -1.98. The number of carbonyl (C=O) groups is 2. The second-order valence-electron chi connectivity index (χ2n) is 4.69. The molecule has 2 rings (SSSR count). The Morgan fingerprint density at radius 3 is 2.28 bits per heavy atom. The Balaban J connectivity index is 2.11. The maximum Gasteiger partial charge on any atom is 0.307 e. The lowest BCUT2D eigenvalue weighted by Crippen LogP contribution is -2.18.